The summed E-state index contributed by atoms with van der Waals surface area (Å²) < 4.78 is 5.47. The van der Waals surface area contributed by atoms with Gasteiger partial charge >= 0.3 is 12.1 Å². The molecule has 1 aliphatic rings. The lowest BCUT2D eigenvalue weighted by atomic mass is 10.2. The smallest absolute Gasteiger partial charge is 0.415 e. The Labute approximate surface area is 277 Å². The van der Waals surface area contributed by atoms with E-state index in [0.29, 0.717) is 54.0 Å². The summed E-state index contributed by atoms with van der Waals surface area (Å²) in [5.41, 5.74) is 1.48. The first kappa shape index (κ1) is 33.1. The van der Waals surface area contributed by atoms with Gasteiger partial charge in [0, 0.05) is 38.9 Å². The molecular weight excluding hydrogens is 618 g/mol. The van der Waals surface area contributed by atoms with E-state index in [4.69, 9.17) is 9.72 Å². The molecule has 0 bridgehead atoms. The van der Waals surface area contributed by atoms with Gasteiger partial charge in [0.25, 0.3) is 5.91 Å². The number of ether oxygens (including phenoxy) is 1. The highest BCUT2D eigenvalue weighted by molar-refractivity contribution is 7.17. The predicted molar refractivity (Wildman–Crippen MR) is 183 cm³/mol. The van der Waals surface area contributed by atoms with Crippen molar-refractivity contribution in [1.82, 2.24) is 19.9 Å². The summed E-state index contributed by atoms with van der Waals surface area (Å²) >= 11 is 1.32. The van der Waals surface area contributed by atoms with Crippen LogP contribution in [0.3, 0.4) is 0 Å². The van der Waals surface area contributed by atoms with Crippen molar-refractivity contribution in [3.8, 4) is 16.3 Å². The van der Waals surface area contributed by atoms with Gasteiger partial charge < -0.3 is 29.9 Å². The van der Waals surface area contributed by atoms with Crippen LogP contribution in [0.1, 0.15) is 48.8 Å². The summed E-state index contributed by atoms with van der Waals surface area (Å²) in [5, 5.41) is 13.2. The van der Waals surface area contributed by atoms with Gasteiger partial charge in [-0.25, -0.2) is 14.6 Å². The zero-order chi connectivity index (χ0) is 33.3. The van der Waals surface area contributed by atoms with E-state index >= 15 is 0 Å². The second kappa shape index (κ2) is 15.3. The molecule has 1 aliphatic heterocycles. The van der Waals surface area contributed by atoms with E-state index < -0.39 is 12.1 Å². The number of aliphatic carboxylic acids is 1. The lowest BCUT2D eigenvalue weighted by Crippen LogP contribution is -2.32. The number of hydrogen-bond donors (Lipinski definition) is 2. The van der Waals surface area contributed by atoms with E-state index in [9.17, 15) is 19.5 Å². The van der Waals surface area contributed by atoms with Crippen LogP contribution in [0.25, 0.3) is 16.6 Å². The molecule has 2 N–H and O–H groups in total. The van der Waals surface area contributed by atoms with Crippen LogP contribution in [0.2, 0.25) is 0 Å². The normalized spacial score (nSPS) is 12.9. The first-order valence-corrected chi connectivity index (χ1v) is 16.4. The molecule has 4 aromatic rings. The Balaban J connectivity index is 1.44. The monoisotopic (exact) mass is 655 g/mol. The fourth-order valence-electron chi connectivity index (χ4n) is 5.11. The van der Waals surface area contributed by atoms with Crippen molar-refractivity contribution < 1.29 is 24.2 Å². The molecule has 1 fully saturated rings. The minimum Gasteiger partial charge on any atom is -0.477 e. The summed E-state index contributed by atoms with van der Waals surface area (Å²) in [6.45, 7) is 8.67. The number of carbonyl (C=O) groups excluding carboxylic acids is 2. The minimum absolute atomic E-state index is 0.170. The van der Waals surface area contributed by atoms with Crippen LogP contribution in [0, 0.1) is 0 Å². The number of carboxylic acid groups (broad SMARTS) is 1. The molecule has 1 saturated heterocycles. The molecule has 0 spiro atoms. The number of hydrogen-bond acceptors (Lipinski definition) is 10. The third-order valence-electron chi connectivity index (χ3n) is 7.63. The Morgan fingerprint density at radius 3 is 2.36 bits per heavy atom. The highest BCUT2D eigenvalue weighted by Crippen LogP contribution is 2.32. The molecule has 0 radical (unpaired) electrons. The van der Waals surface area contributed by atoms with Crippen LogP contribution in [0.5, 0.6) is 5.75 Å². The molecule has 1 aromatic carbocycles. The highest BCUT2D eigenvalue weighted by Gasteiger charge is 2.25. The number of benzene rings is 1. The average molecular weight is 656 g/mol. The number of nitrogens with one attached hydrogen (secondary N) is 1. The Morgan fingerprint density at radius 2 is 1.72 bits per heavy atom. The van der Waals surface area contributed by atoms with Gasteiger partial charge in [-0.2, -0.15) is 4.98 Å². The number of aromatic nitrogens is 3. The number of likely N-dealkylation sites (tertiary alicyclic amines) is 1. The van der Waals surface area contributed by atoms with Crippen LogP contribution in [-0.4, -0.2) is 75.7 Å². The van der Waals surface area contributed by atoms with Gasteiger partial charge in [-0.3, -0.25) is 9.78 Å². The van der Waals surface area contributed by atoms with Crippen LogP contribution in [0.4, 0.5) is 22.2 Å². The van der Waals surface area contributed by atoms with Gasteiger partial charge in [0.05, 0.1) is 21.6 Å². The summed E-state index contributed by atoms with van der Waals surface area (Å²) in [5.74, 6) is -0.573. The molecule has 0 atom stereocenters. The van der Waals surface area contributed by atoms with Crippen molar-refractivity contribution in [2.45, 2.75) is 33.6 Å². The van der Waals surface area contributed by atoms with Gasteiger partial charge in [-0.15, -0.1) is 11.3 Å². The number of anilines is 3. The Bertz CT molecular complexity index is 1730. The Kier molecular flexibility index (Phi) is 10.8. The van der Waals surface area contributed by atoms with Crippen molar-refractivity contribution in [1.29, 1.82) is 0 Å². The maximum atomic E-state index is 13.9. The van der Waals surface area contributed by atoms with Crippen molar-refractivity contribution in [3.63, 3.8) is 0 Å². The lowest BCUT2D eigenvalue weighted by Gasteiger charge is -2.25. The third-order valence-corrected chi connectivity index (χ3v) is 8.73. The summed E-state index contributed by atoms with van der Waals surface area (Å²) in [6, 6.07) is 15.8. The first-order chi connectivity index (χ1) is 22.8. The summed E-state index contributed by atoms with van der Waals surface area (Å²) in [4.78, 5) is 58.8. The quantitative estimate of drug-likeness (QED) is 0.168. The molecule has 3 aromatic heterocycles. The van der Waals surface area contributed by atoms with E-state index in [-0.39, 0.29) is 24.0 Å². The average Bonchev–Trinajstić information content (AvgIpc) is 3.81. The van der Waals surface area contributed by atoms with Crippen molar-refractivity contribution >= 4 is 52.8 Å². The molecule has 0 saturated carbocycles. The molecule has 0 unspecified atom stereocenters. The fraction of sp³-hybridized carbons (Fsp3) is 0.294. The number of rotatable bonds is 12. The number of carbonyl (C=O) groups is 3. The van der Waals surface area contributed by atoms with Crippen molar-refractivity contribution in [2.24, 2.45) is 0 Å². The molecule has 244 valence electrons. The number of thiophene rings is 1. The lowest BCUT2D eigenvalue weighted by molar-refractivity contribution is -0.132. The van der Waals surface area contributed by atoms with Crippen LogP contribution in [-0.2, 0) is 4.79 Å². The summed E-state index contributed by atoms with van der Waals surface area (Å²) in [6.07, 6.45) is 6.21. The standard InChI is InChI=1S/C34H37N7O5S/c1-4-39(5-2)33-36-22-27(41(6-3)31(42)29-17-16-28(47-29)25-11-7-8-18-35-25)30(38-33)37-26(32(43)44)21-23-12-14-24(15-13-23)46-34(45)40-19-9-10-20-40/h7-8,11-18,21-22H,4-6,9-10,19-20H2,1-3H3,(H,43,44)(H,36,37,38)/b26-21+. The van der Waals surface area contributed by atoms with Crippen LogP contribution >= 0.6 is 11.3 Å². The van der Waals surface area contributed by atoms with E-state index in [2.05, 4.69) is 15.3 Å². The zero-order valence-electron chi connectivity index (χ0n) is 26.5. The molecule has 47 heavy (non-hydrogen) atoms. The van der Waals surface area contributed by atoms with Crippen molar-refractivity contribution in [3.05, 3.63) is 83.1 Å². The SMILES string of the molecule is CCN(CC)c1ncc(N(CC)C(=O)c2ccc(-c3ccccn3)s2)c(N/C(=C/c2ccc(OC(=O)N3CCCC3)cc2)C(=O)O)n1. The molecule has 13 heteroatoms. The second-order valence-corrected chi connectivity index (χ2v) is 11.7. The van der Waals surface area contributed by atoms with Gasteiger partial charge in [-0.05, 0) is 81.7 Å². The zero-order valence-corrected chi connectivity index (χ0v) is 27.4. The van der Waals surface area contributed by atoms with E-state index in [1.54, 1.807) is 47.6 Å². The maximum Gasteiger partial charge on any atom is 0.415 e. The largest absolute Gasteiger partial charge is 0.477 e. The van der Waals surface area contributed by atoms with E-state index in [1.165, 1.54) is 22.3 Å². The second-order valence-electron chi connectivity index (χ2n) is 10.6. The Morgan fingerprint density at radius 1 is 0.979 bits per heavy atom. The van der Waals surface area contributed by atoms with Gasteiger partial charge in [0.15, 0.2) is 5.82 Å². The van der Waals surface area contributed by atoms with Crippen LogP contribution < -0.4 is 19.9 Å². The summed E-state index contributed by atoms with van der Waals surface area (Å²) in [7, 11) is 0. The van der Waals surface area contributed by atoms with Gasteiger partial charge in [-0.1, -0.05) is 18.2 Å². The fourth-order valence-corrected chi connectivity index (χ4v) is 6.04. The highest BCUT2D eigenvalue weighted by atomic mass is 32.1. The third kappa shape index (κ3) is 7.93. The minimum atomic E-state index is -1.23. The molecule has 2 amide bonds. The topological polar surface area (TPSA) is 141 Å². The predicted octanol–water partition coefficient (Wildman–Crippen LogP) is 6.25. The van der Waals surface area contributed by atoms with E-state index in [1.807, 2.05) is 49.9 Å². The van der Waals surface area contributed by atoms with E-state index in [0.717, 1.165) is 23.4 Å². The first-order valence-electron chi connectivity index (χ1n) is 15.5. The number of carboxylic acids is 1. The van der Waals surface area contributed by atoms with Crippen molar-refractivity contribution in [2.75, 3.05) is 47.8 Å². The van der Waals surface area contributed by atoms with Gasteiger partial charge in [0.2, 0.25) is 5.95 Å². The maximum absolute atomic E-state index is 13.9. The number of pyridine rings is 1. The molecule has 5 rings (SSSR count). The molecule has 4 heterocycles. The molecule has 0 aliphatic carbocycles. The Hall–Kier alpha value is -5.30. The van der Waals surface area contributed by atoms with Crippen LogP contribution in [0.15, 0.2) is 72.7 Å². The number of amides is 2. The molecular formula is C34H37N7O5S. The molecule has 12 nitrogen and oxygen atoms in total. The van der Waals surface area contributed by atoms with Gasteiger partial charge in [0.1, 0.15) is 17.1 Å². The number of nitrogens with zero attached hydrogens (tertiary/aromatic N) is 6.